The van der Waals surface area contributed by atoms with E-state index in [1.807, 2.05) is 0 Å². The van der Waals surface area contributed by atoms with Gasteiger partial charge in [0.15, 0.2) is 0 Å². The molecule has 0 rings (SSSR count). The molecule has 0 fully saturated rings. The second-order valence-corrected chi connectivity index (χ2v) is 4.01. The maximum Gasteiger partial charge on any atom is 0.0727 e. The Labute approximate surface area is 97.4 Å². The Bertz CT molecular complexity index is 168. The van der Waals surface area contributed by atoms with Gasteiger partial charge in [-0.25, -0.2) is 0 Å². The van der Waals surface area contributed by atoms with Crippen molar-refractivity contribution < 1.29 is 9.84 Å². The fourth-order valence-corrected chi connectivity index (χ4v) is 1.48. The molecular weight excluding hydrogens is 212 g/mol. The van der Waals surface area contributed by atoms with Crippen LogP contribution in [0.15, 0.2) is 0 Å². The Hall–Kier alpha value is -0.230. The van der Waals surface area contributed by atoms with Gasteiger partial charge < -0.3 is 15.6 Å². The number of nitrogens with two attached hydrogens (primary N) is 1. The maximum atomic E-state index is 8.86. The second kappa shape index (κ2) is 10.3. The summed E-state index contributed by atoms with van der Waals surface area (Å²) < 4.78 is 5.00. The van der Waals surface area contributed by atoms with Crippen molar-refractivity contribution in [2.24, 2.45) is 5.73 Å². The van der Waals surface area contributed by atoms with Crippen molar-refractivity contribution >= 4 is 17.2 Å². The smallest absolute Gasteiger partial charge is 0.0727 e. The van der Waals surface area contributed by atoms with Crippen LogP contribution in [0.2, 0.25) is 0 Å². The Morgan fingerprint density at radius 3 is 2.60 bits per heavy atom. The maximum absolute atomic E-state index is 8.86. The fraction of sp³-hybridized carbons (Fsp3) is 0.900. The van der Waals surface area contributed by atoms with E-state index < -0.39 is 0 Å². The molecule has 0 atom stereocenters. The average molecular weight is 234 g/mol. The summed E-state index contributed by atoms with van der Waals surface area (Å²) in [5, 5.41) is 8.86. The van der Waals surface area contributed by atoms with Crippen LogP contribution in [0, 0.1) is 0 Å². The van der Waals surface area contributed by atoms with Crippen LogP contribution in [0.5, 0.6) is 0 Å². The third-order valence-corrected chi connectivity index (χ3v) is 2.38. The molecule has 15 heavy (non-hydrogen) atoms. The van der Waals surface area contributed by atoms with Crippen molar-refractivity contribution in [3.8, 4) is 0 Å². The largest absolute Gasteiger partial charge is 0.395 e. The molecule has 0 aliphatic heterocycles. The zero-order valence-electron chi connectivity index (χ0n) is 9.45. The molecule has 0 saturated carbocycles. The van der Waals surface area contributed by atoms with Gasteiger partial charge in [-0.1, -0.05) is 12.2 Å². The Morgan fingerprint density at radius 2 is 2.07 bits per heavy atom. The molecule has 5 heteroatoms. The molecule has 0 aromatic rings. The summed E-state index contributed by atoms with van der Waals surface area (Å²) >= 11 is 4.80. The van der Waals surface area contributed by atoms with Crippen molar-refractivity contribution in [1.29, 1.82) is 0 Å². The predicted molar refractivity (Wildman–Crippen MR) is 66.0 cm³/mol. The number of thiocarbonyl (C=S) groups is 1. The molecule has 0 heterocycles. The normalized spacial score (nSPS) is 10.9. The lowest BCUT2D eigenvalue weighted by atomic mass is 10.2. The number of hydrogen-bond donors (Lipinski definition) is 2. The Balaban J connectivity index is 3.51. The van der Waals surface area contributed by atoms with Crippen molar-refractivity contribution in [2.75, 3.05) is 40.0 Å². The number of hydrogen-bond acceptors (Lipinski definition) is 4. The molecule has 0 saturated heterocycles. The highest BCUT2D eigenvalue weighted by atomic mass is 32.1. The molecule has 0 aromatic carbocycles. The van der Waals surface area contributed by atoms with Gasteiger partial charge in [-0.05, 0) is 25.8 Å². The van der Waals surface area contributed by atoms with Gasteiger partial charge in [0.05, 0.1) is 18.2 Å². The van der Waals surface area contributed by atoms with Crippen molar-refractivity contribution in [3.63, 3.8) is 0 Å². The average Bonchev–Trinajstić information content (AvgIpc) is 2.20. The first kappa shape index (κ1) is 14.8. The lowest BCUT2D eigenvalue weighted by molar-refractivity contribution is 0.130. The standard InChI is InChI=1S/C10H22N2O2S/c1-14-9-7-12(6-8-13)5-3-2-4-10(11)15/h13H,2-9H2,1H3,(H2,11,15). The van der Waals surface area contributed by atoms with E-state index in [1.165, 1.54) is 0 Å². The van der Waals surface area contributed by atoms with Gasteiger partial charge in [0, 0.05) is 20.2 Å². The summed E-state index contributed by atoms with van der Waals surface area (Å²) in [6, 6.07) is 0. The predicted octanol–water partition coefficient (Wildman–Crippen LogP) is 0.384. The topological polar surface area (TPSA) is 58.7 Å². The molecule has 0 radical (unpaired) electrons. The monoisotopic (exact) mass is 234 g/mol. The zero-order chi connectivity index (χ0) is 11.5. The van der Waals surface area contributed by atoms with Crippen LogP contribution < -0.4 is 5.73 Å². The number of unbranched alkanes of at least 4 members (excludes halogenated alkanes) is 1. The number of aliphatic hydroxyl groups is 1. The van der Waals surface area contributed by atoms with E-state index in [2.05, 4.69) is 4.90 Å². The molecule has 0 spiro atoms. The van der Waals surface area contributed by atoms with E-state index in [0.29, 0.717) is 18.1 Å². The number of ether oxygens (including phenoxy) is 1. The highest BCUT2D eigenvalue weighted by Gasteiger charge is 2.03. The summed E-state index contributed by atoms with van der Waals surface area (Å²) in [5.41, 5.74) is 5.41. The van der Waals surface area contributed by atoms with Gasteiger partial charge in [-0.15, -0.1) is 0 Å². The second-order valence-electron chi connectivity index (χ2n) is 3.48. The number of methoxy groups -OCH3 is 1. The minimum Gasteiger partial charge on any atom is -0.395 e. The molecule has 3 N–H and O–H groups in total. The summed E-state index contributed by atoms with van der Waals surface area (Å²) in [5.74, 6) is 0. The van der Waals surface area contributed by atoms with Gasteiger partial charge in [-0.2, -0.15) is 0 Å². The molecular formula is C10H22N2O2S. The first-order chi connectivity index (χ1) is 7.20. The highest BCUT2D eigenvalue weighted by molar-refractivity contribution is 7.80. The van der Waals surface area contributed by atoms with E-state index in [-0.39, 0.29) is 6.61 Å². The van der Waals surface area contributed by atoms with Crippen LogP contribution in [0.3, 0.4) is 0 Å². The SMILES string of the molecule is COCCN(CCO)CCCCC(N)=S. The lowest BCUT2D eigenvalue weighted by Crippen LogP contribution is -2.31. The molecule has 0 aromatic heterocycles. The van der Waals surface area contributed by atoms with E-state index in [1.54, 1.807) is 7.11 Å². The van der Waals surface area contributed by atoms with Crippen molar-refractivity contribution in [2.45, 2.75) is 19.3 Å². The van der Waals surface area contributed by atoms with Crippen molar-refractivity contribution in [1.82, 2.24) is 4.90 Å². The summed E-state index contributed by atoms with van der Waals surface area (Å²) in [7, 11) is 1.68. The quantitative estimate of drug-likeness (QED) is 0.423. The lowest BCUT2D eigenvalue weighted by Gasteiger charge is -2.20. The molecule has 90 valence electrons. The van der Waals surface area contributed by atoms with E-state index in [0.717, 1.165) is 32.4 Å². The summed E-state index contributed by atoms with van der Waals surface area (Å²) in [6.07, 6.45) is 2.89. The molecule has 0 bridgehead atoms. The van der Waals surface area contributed by atoms with Gasteiger partial charge in [0.2, 0.25) is 0 Å². The Kier molecular flexibility index (Phi) is 10.1. The molecule has 0 aliphatic rings. The van der Waals surface area contributed by atoms with Crippen LogP contribution in [0.4, 0.5) is 0 Å². The first-order valence-corrected chi connectivity index (χ1v) is 5.72. The minimum atomic E-state index is 0.193. The van der Waals surface area contributed by atoms with E-state index in [4.69, 9.17) is 27.8 Å². The summed E-state index contributed by atoms with van der Waals surface area (Å²) in [6.45, 7) is 3.43. The third kappa shape index (κ3) is 10.1. The third-order valence-electron chi connectivity index (χ3n) is 2.18. The minimum absolute atomic E-state index is 0.193. The van der Waals surface area contributed by atoms with Gasteiger partial charge in [0.1, 0.15) is 0 Å². The molecule has 4 nitrogen and oxygen atoms in total. The Morgan fingerprint density at radius 1 is 1.33 bits per heavy atom. The fourth-order valence-electron chi connectivity index (χ4n) is 1.33. The van der Waals surface area contributed by atoms with Gasteiger partial charge >= 0.3 is 0 Å². The van der Waals surface area contributed by atoms with E-state index >= 15 is 0 Å². The van der Waals surface area contributed by atoms with Crippen LogP contribution in [-0.4, -0.2) is 55.0 Å². The zero-order valence-corrected chi connectivity index (χ0v) is 10.3. The van der Waals surface area contributed by atoms with Crippen LogP contribution in [0.1, 0.15) is 19.3 Å². The number of aliphatic hydroxyl groups excluding tert-OH is 1. The van der Waals surface area contributed by atoms with Gasteiger partial charge in [-0.3, -0.25) is 4.90 Å². The molecule has 0 amide bonds. The molecule has 0 unspecified atom stereocenters. The van der Waals surface area contributed by atoms with Crippen LogP contribution in [-0.2, 0) is 4.74 Å². The van der Waals surface area contributed by atoms with Crippen LogP contribution >= 0.6 is 12.2 Å². The number of rotatable bonds is 10. The van der Waals surface area contributed by atoms with Crippen LogP contribution in [0.25, 0.3) is 0 Å². The van der Waals surface area contributed by atoms with E-state index in [9.17, 15) is 0 Å². The van der Waals surface area contributed by atoms with Gasteiger partial charge in [0.25, 0.3) is 0 Å². The first-order valence-electron chi connectivity index (χ1n) is 5.31. The van der Waals surface area contributed by atoms with Crippen molar-refractivity contribution in [3.05, 3.63) is 0 Å². The number of nitrogens with zero attached hydrogens (tertiary/aromatic N) is 1. The highest BCUT2D eigenvalue weighted by Crippen LogP contribution is 1.99. The molecule has 0 aliphatic carbocycles. The summed E-state index contributed by atoms with van der Waals surface area (Å²) in [4.78, 5) is 2.77.